The van der Waals surface area contributed by atoms with Crippen molar-refractivity contribution in [3.8, 4) is 17.2 Å². The summed E-state index contributed by atoms with van der Waals surface area (Å²) < 4.78 is 0. The van der Waals surface area contributed by atoms with E-state index in [0.717, 1.165) is 16.7 Å². The molecule has 0 saturated carbocycles. The molecule has 6 heteroatoms. The summed E-state index contributed by atoms with van der Waals surface area (Å²) in [5.41, 5.74) is 3.01. The minimum atomic E-state index is -0.221. The van der Waals surface area contributed by atoms with Crippen LogP contribution in [0.5, 0.6) is 0 Å². The van der Waals surface area contributed by atoms with Gasteiger partial charge in [-0.05, 0) is 29.3 Å². The summed E-state index contributed by atoms with van der Waals surface area (Å²) in [6, 6.07) is 18.8. The van der Waals surface area contributed by atoms with Crippen LogP contribution in [0.4, 0.5) is 0 Å². The number of nitrogens with one attached hydrogen (secondary N) is 1. The average molecular weight is 390 g/mol. The molecule has 2 aromatic heterocycles. The number of hydrogen-bond acceptors (Lipinski definition) is 4. The second-order valence-corrected chi connectivity index (χ2v) is 7.10. The summed E-state index contributed by atoms with van der Waals surface area (Å²) in [7, 11) is 0. The van der Waals surface area contributed by atoms with Crippen LogP contribution in [0.25, 0.3) is 32.5 Å². The SMILES string of the molecule is N#Cc1ccc(/C=C(\Cl)c2nc3scc(-c4ccccc4)c3c(=O)[nH]2)cc1. The van der Waals surface area contributed by atoms with E-state index in [0.29, 0.717) is 26.6 Å². The second-order valence-electron chi connectivity index (χ2n) is 5.84. The van der Waals surface area contributed by atoms with E-state index in [-0.39, 0.29) is 5.56 Å². The van der Waals surface area contributed by atoms with E-state index in [1.54, 1.807) is 30.3 Å². The molecule has 2 heterocycles. The van der Waals surface area contributed by atoms with Crippen molar-refractivity contribution in [2.24, 2.45) is 0 Å². The fourth-order valence-corrected chi connectivity index (χ4v) is 3.92. The molecular weight excluding hydrogens is 378 g/mol. The second kappa shape index (κ2) is 7.20. The molecule has 130 valence electrons. The molecule has 4 nitrogen and oxygen atoms in total. The Morgan fingerprint density at radius 2 is 1.89 bits per heavy atom. The highest BCUT2D eigenvalue weighted by atomic mass is 35.5. The van der Waals surface area contributed by atoms with Crippen LogP contribution in [0.2, 0.25) is 0 Å². The van der Waals surface area contributed by atoms with Gasteiger partial charge in [-0.1, -0.05) is 54.1 Å². The molecule has 0 aliphatic rings. The molecule has 27 heavy (non-hydrogen) atoms. The lowest BCUT2D eigenvalue weighted by Gasteiger charge is -2.02. The van der Waals surface area contributed by atoms with Crippen molar-refractivity contribution in [3.05, 3.63) is 87.3 Å². The molecule has 4 aromatic rings. The number of aromatic nitrogens is 2. The Balaban J connectivity index is 1.76. The van der Waals surface area contributed by atoms with Crippen LogP contribution in [0, 0.1) is 11.3 Å². The third-order valence-corrected chi connectivity index (χ3v) is 5.25. The van der Waals surface area contributed by atoms with Gasteiger partial charge in [-0.15, -0.1) is 11.3 Å². The van der Waals surface area contributed by atoms with E-state index in [1.807, 2.05) is 35.7 Å². The van der Waals surface area contributed by atoms with Gasteiger partial charge >= 0.3 is 0 Å². The van der Waals surface area contributed by atoms with Crippen molar-refractivity contribution in [2.75, 3.05) is 0 Å². The smallest absolute Gasteiger partial charge is 0.260 e. The first-order valence-electron chi connectivity index (χ1n) is 8.10. The normalized spacial score (nSPS) is 11.5. The Labute approximate surface area is 164 Å². The Hall–Kier alpha value is -3.20. The predicted octanol–water partition coefficient (Wildman–Crippen LogP) is 5.26. The molecule has 0 aliphatic carbocycles. The van der Waals surface area contributed by atoms with Gasteiger partial charge in [0.05, 0.1) is 22.1 Å². The summed E-state index contributed by atoms with van der Waals surface area (Å²) in [6.07, 6.45) is 1.71. The highest BCUT2D eigenvalue weighted by Gasteiger charge is 2.14. The van der Waals surface area contributed by atoms with Crippen LogP contribution in [0.1, 0.15) is 17.0 Å². The van der Waals surface area contributed by atoms with Gasteiger partial charge in [-0.3, -0.25) is 4.79 Å². The largest absolute Gasteiger partial charge is 0.305 e. The number of rotatable bonds is 3. The molecule has 0 bridgehead atoms. The number of benzene rings is 2. The summed E-state index contributed by atoms with van der Waals surface area (Å²) in [4.78, 5) is 20.6. The minimum Gasteiger partial charge on any atom is -0.305 e. The molecule has 0 radical (unpaired) electrons. The van der Waals surface area contributed by atoms with Gasteiger partial charge in [0.15, 0.2) is 5.82 Å². The first kappa shape index (κ1) is 17.2. The van der Waals surface area contributed by atoms with Gasteiger partial charge in [0.1, 0.15) is 4.83 Å². The van der Waals surface area contributed by atoms with Crippen LogP contribution in [0.3, 0.4) is 0 Å². The minimum absolute atomic E-state index is 0.221. The lowest BCUT2D eigenvalue weighted by atomic mass is 10.1. The molecule has 0 atom stereocenters. The van der Waals surface area contributed by atoms with Crippen LogP contribution < -0.4 is 5.56 Å². The van der Waals surface area contributed by atoms with Crippen LogP contribution in [-0.2, 0) is 0 Å². The third kappa shape index (κ3) is 3.41. The maximum Gasteiger partial charge on any atom is 0.260 e. The molecule has 2 aromatic carbocycles. The molecular formula is C21H12ClN3OS. The maximum atomic E-state index is 12.7. The predicted molar refractivity (Wildman–Crippen MR) is 111 cm³/mol. The van der Waals surface area contributed by atoms with E-state index in [4.69, 9.17) is 16.9 Å². The van der Waals surface area contributed by atoms with Gasteiger partial charge in [-0.25, -0.2) is 4.98 Å². The zero-order chi connectivity index (χ0) is 18.8. The van der Waals surface area contributed by atoms with Gasteiger partial charge in [-0.2, -0.15) is 5.26 Å². The highest BCUT2D eigenvalue weighted by Crippen LogP contribution is 2.31. The van der Waals surface area contributed by atoms with E-state index in [9.17, 15) is 4.79 Å². The lowest BCUT2D eigenvalue weighted by molar-refractivity contribution is 1.14. The van der Waals surface area contributed by atoms with Crippen molar-refractivity contribution in [2.45, 2.75) is 0 Å². The summed E-state index contributed by atoms with van der Waals surface area (Å²) in [5, 5.41) is 11.7. The quantitative estimate of drug-likeness (QED) is 0.519. The van der Waals surface area contributed by atoms with Crippen LogP contribution in [-0.4, -0.2) is 9.97 Å². The first-order valence-corrected chi connectivity index (χ1v) is 9.36. The van der Waals surface area contributed by atoms with Crippen LogP contribution in [0.15, 0.2) is 64.8 Å². The first-order chi connectivity index (χ1) is 13.2. The van der Waals surface area contributed by atoms with Crippen molar-refractivity contribution in [3.63, 3.8) is 0 Å². The topological polar surface area (TPSA) is 69.5 Å². The number of aromatic amines is 1. The zero-order valence-corrected chi connectivity index (χ0v) is 15.5. The summed E-state index contributed by atoms with van der Waals surface area (Å²) in [6.45, 7) is 0. The Morgan fingerprint density at radius 1 is 1.15 bits per heavy atom. The standard InChI is InChI=1S/C21H12ClN3OS/c22-17(10-13-6-8-14(11-23)9-7-13)19-24-20(26)18-16(12-27-21(18)25-19)15-4-2-1-3-5-15/h1-10,12H,(H,24,25,26)/b17-10-. The Bertz CT molecular complexity index is 1250. The van der Waals surface area contributed by atoms with E-state index in [1.165, 1.54) is 11.3 Å². The van der Waals surface area contributed by atoms with E-state index < -0.39 is 0 Å². The number of H-pyrrole nitrogens is 1. The molecule has 0 fully saturated rings. The lowest BCUT2D eigenvalue weighted by Crippen LogP contribution is -2.10. The molecule has 0 spiro atoms. The average Bonchev–Trinajstić information content (AvgIpc) is 3.14. The summed E-state index contributed by atoms with van der Waals surface area (Å²) in [5.74, 6) is 0.319. The molecule has 0 unspecified atom stereocenters. The molecule has 0 amide bonds. The number of hydrogen-bond donors (Lipinski definition) is 1. The highest BCUT2D eigenvalue weighted by molar-refractivity contribution is 7.17. The van der Waals surface area contributed by atoms with Gasteiger partial charge in [0, 0.05) is 10.9 Å². The van der Waals surface area contributed by atoms with Crippen molar-refractivity contribution >= 4 is 44.3 Å². The Morgan fingerprint density at radius 3 is 2.59 bits per heavy atom. The Kier molecular flexibility index (Phi) is 4.59. The number of nitriles is 1. The fraction of sp³-hybridized carbons (Fsp3) is 0. The van der Waals surface area contributed by atoms with Crippen molar-refractivity contribution < 1.29 is 0 Å². The summed E-state index contributed by atoms with van der Waals surface area (Å²) >= 11 is 7.79. The van der Waals surface area contributed by atoms with Gasteiger partial charge < -0.3 is 4.98 Å². The third-order valence-electron chi connectivity index (χ3n) is 4.09. The molecule has 0 aliphatic heterocycles. The zero-order valence-electron chi connectivity index (χ0n) is 13.9. The number of halogens is 1. The fourth-order valence-electron chi connectivity index (χ4n) is 2.76. The maximum absolute atomic E-state index is 12.7. The molecule has 1 N–H and O–H groups in total. The van der Waals surface area contributed by atoms with Crippen molar-refractivity contribution in [1.82, 2.24) is 9.97 Å². The van der Waals surface area contributed by atoms with E-state index >= 15 is 0 Å². The van der Waals surface area contributed by atoms with Gasteiger partial charge in [0.2, 0.25) is 0 Å². The molecule has 4 rings (SSSR count). The number of fused-ring (bicyclic) bond motifs is 1. The van der Waals surface area contributed by atoms with Crippen molar-refractivity contribution in [1.29, 1.82) is 5.26 Å². The van der Waals surface area contributed by atoms with Crippen LogP contribution >= 0.6 is 22.9 Å². The number of nitrogens with zero attached hydrogens (tertiary/aromatic N) is 2. The monoisotopic (exact) mass is 389 g/mol. The van der Waals surface area contributed by atoms with E-state index in [2.05, 4.69) is 16.0 Å². The van der Waals surface area contributed by atoms with Gasteiger partial charge in [0.25, 0.3) is 5.56 Å². The number of thiophene rings is 1. The molecule has 0 saturated heterocycles.